The number of esters is 1. The monoisotopic (exact) mass is 734 g/mol. The molecule has 2 fully saturated rings. The van der Waals surface area contributed by atoms with Gasteiger partial charge in [0.25, 0.3) is 5.69 Å². The molecule has 12 nitrogen and oxygen atoms in total. The number of fused-ring (bicyclic) bond motifs is 1. The normalized spacial score (nSPS) is 25.3. The van der Waals surface area contributed by atoms with Gasteiger partial charge < -0.3 is 24.4 Å². The summed E-state index contributed by atoms with van der Waals surface area (Å²) >= 11 is 0. The van der Waals surface area contributed by atoms with Gasteiger partial charge in [0.1, 0.15) is 17.5 Å². The van der Waals surface area contributed by atoms with E-state index < -0.39 is 23.8 Å². The molecule has 12 heteroatoms. The molecule has 0 aromatic carbocycles. The first-order valence-electron chi connectivity index (χ1n) is 19.0. The van der Waals surface area contributed by atoms with E-state index in [2.05, 4.69) is 76.9 Å². The molecule has 2 aliphatic carbocycles. The number of rotatable bonds is 10. The molecule has 0 aliphatic heterocycles. The Morgan fingerprint density at radius 1 is 1.00 bits per heavy atom. The predicted octanol–water partition coefficient (Wildman–Crippen LogP) is 8.62. The molecular weight excluding hydrogens is 672 g/mol. The fourth-order valence-electron chi connectivity index (χ4n) is 8.19. The molecule has 5 atom stereocenters. The van der Waals surface area contributed by atoms with Crippen molar-refractivity contribution < 1.29 is 28.6 Å². The van der Waals surface area contributed by atoms with E-state index in [1.165, 1.54) is 16.3 Å². The maximum absolute atomic E-state index is 14.6. The standard InChI is InChI=1S/C41H62N6O6/c1-15-19-46(20-16-2)38(50)52-36-32(42-14)31(37(49)51-33-27(39(5,6)7)21-24(3)22-28(33)40(8,9)10)35-44-34(45-47(35)36)26-17-18-30(53-41(11,12)13)29(23-26)43-25(4)48/h15-16,24,26-30,33H,1-2,17-23H2,3-13H3,(H,43,48)(H,44,45). The highest BCUT2D eigenvalue weighted by atomic mass is 16.6. The van der Waals surface area contributed by atoms with Gasteiger partial charge in [-0.25, -0.2) is 23.9 Å². The van der Waals surface area contributed by atoms with Gasteiger partial charge >= 0.3 is 12.1 Å². The fraction of sp³-hybridized carbons (Fsp3) is 0.683. The van der Waals surface area contributed by atoms with E-state index in [1.54, 1.807) is 12.2 Å². The van der Waals surface area contributed by atoms with E-state index >= 15 is 0 Å². The second kappa shape index (κ2) is 16.1. The van der Waals surface area contributed by atoms with Crippen molar-refractivity contribution in [2.24, 2.45) is 28.6 Å². The number of aromatic amines is 1. The minimum Gasteiger partial charge on any atom is -0.459 e. The summed E-state index contributed by atoms with van der Waals surface area (Å²) < 4.78 is 20.3. The topological polar surface area (TPSA) is 132 Å². The molecule has 0 spiro atoms. The van der Waals surface area contributed by atoms with Gasteiger partial charge in [-0.15, -0.1) is 13.2 Å². The first-order valence-corrected chi connectivity index (χ1v) is 19.0. The zero-order valence-corrected chi connectivity index (χ0v) is 33.8. The maximum atomic E-state index is 14.6. The number of H-pyrrole nitrogens is 1. The number of carbonyl (C=O) groups excluding carboxylic acids is 3. The number of hydrogen-bond acceptors (Lipinski definition) is 7. The Balaban J connectivity index is 1.84. The molecule has 2 aliphatic rings. The first-order chi connectivity index (χ1) is 24.6. The van der Waals surface area contributed by atoms with Crippen LogP contribution < -0.4 is 10.1 Å². The van der Waals surface area contributed by atoms with Gasteiger partial charge in [-0.3, -0.25) is 9.89 Å². The minimum atomic E-state index is -0.738. The van der Waals surface area contributed by atoms with Crippen LogP contribution in [-0.4, -0.2) is 74.4 Å². The molecule has 4 rings (SSSR count). The maximum Gasteiger partial charge on any atom is 0.416 e. The molecule has 2 N–H and O–H groups in total. The van der Waals surface area contributed by atoms with Gasteiger partial charge in [0.15, 0.2) is 5.65 Å². The molecular formula is C41H62N6O6. The Hall–Kier alpha value is -4.11. The van der Waals surface area contributed by atoms with Crippen LogP contribution in [0.3, 0.4) is 0 Å². The largest absolute Gasteiger partial charge is 0.459 e. The molecule has 0 bridgehead atoms. The quantitative estimate of drug-likeness (QED) is 0.142. The number of amides is 2. The molecule has 5 unspecified atom stereocenters. The number of ether oxygens (including phenoxy) is 3. The second-order valence-electron chi connectivity index (χ2n) is 18.2. The Kier molecular flexibility index (Phi) is 12.6. The first kappa shape index (κ1) is 41.6. The van der Waals surface area contributed by atoms with Crippen LogP contribution in [0.1, 0.15) is 130 Å². The van der Waals surface area contributed by atoms with Crippen molar-refractivity contribution in [2.45, 2.75) is 138 Å². The predicted molar refractivity (Wildman–Crippen MR) is 206 cm³/mol. The highest BCUT2D eigenvalue weighted by Gasteiger charge is 2.49. The highest BCUT2D eigenvalue weighted by Crippen LogP contribution is 2.50. The molecule has 0 radical (unpaired) electrons. The van der Waals surface area contributed by atoms with Crippen molar-refractivity contribution >= 4 is 29.3 Å². The summed E-state index contributed by atoms with van der Waals surface area (Å²) in [7, 11) is 0. The lowest BCUT2D eigenvalue weighted by molar-refractivity contribution is -0.125. The summed E-state index contributed by atoms with van der Waals surface area (Å²) in [5.41, 5.74) is -0.770. The number of nitrogens with zero attached hydrogens (tertiary/aromatic N) is 4. The number of hydrogen-bond donors (Lipinski definition) is 2. The zero-order chi connectivity index (χ0) is 39.6. The third kappa shape index (κ3) is 9.71. The lowest BCUT2D eigenvalue weighted by Crippen LogP contribution is -2.49. The van der Waals surface area contributed by atoms with Crippen molar-refractivity contribution in [3.05, 3.63) is 48.1 Å². The Bertz CT molecular complexity index is 1680. The molecule has 2 aromatic rings. The fourth-order valence-corrected chi connectivity index (χ4v) is 8.19. The van der Waals surface area contributed by atoms with Crippen LogP contribution in [0, 0.1) is 35.2 Å². The number of aromatic nitrogens is 3. The smallest absolute Gasteiger partial charge is 0.416 e. The van der Waals surface area contributed by atoms with Crippen LogP contribution in [0.5, 0.6) is 5.88 Å². The second-order valence-corrected chi connectivity index (χ2v) is 18.2. The van der Waals surface area contributed by atoms with Gasteiger partial charge in [0.05, 0.1) is 24.3 Å². The average molecular weight is 735 g/mol. The summed E-state index contributed by atoms with van der Waals surface area (Å²) in [5, 5.41) is 6.34. The van der Waals surface area contributed by atoms with Crippen molar-refractivity contribution in [1.29, 1.82) is 0 Å². The lowest BCUT2D eigenvalue weighted by atomic mass is 9.59. The van der Waals surface area contributed by atoms with Crippen LogP contribution in [0.2, 0.25) is 0 Å². The Morgan fingerprint density at radius 3 is 2.08 bits per heavy atom. The van der Waals surface area contributed by atoms with E-state index in [1.807, 2.05) is 20.8 Å². The van der Waals surface area contributed by atoms with E-state index in [0.29, 0.717) is 31.0 Å². The number of nitrogens with one attached hydrogen (secondary N) is 2. The lowest BCUT2D eigenvalue weighted by Gasteiger charge is -2.50. The summed E-state index contributed by atoms with van der Waals surface area (Å²) in [4.78, 5) is 50.5. The molecule has 292 valence electrons. The number of carbonyl (C=O) groups is 3. The SMILES string of the molecule is [C-]#[N+]c1c(C(=O)OC2C(C(C)(C)C)CC(C)CC2C(C)(C)C)c2nc(C3CCC(OC(C)(C)C)C(NC(C)=O)C3)[nH]n2c1OC(=O)N(CC=C)CC=C. The van der Waals surface area contributed by atoms with E-state index in [4.69, 9.17) is 25.8 Å². The van der Waals surface area contributed by atoms with E-state index in [0.717, 1.165) is 12.8 Å². The molecule has 2 aromatic heterocycles. The van der Waals surface area contributed by atoms with Crippen LogP contribution >= 0.6 is 0 Å². The molecule has 2 saturated carbocycles. The van der Waals surface area contributed by atoms with E-state index in [9.17, 15) is 14.4 Å². The third-order valence-corrected chi connectivity index (χ3v) is 10.6. The molecule has 2 amide bonds. The van der Waals surface area contributed by atoms with Crippen molar-refractivity contribution in [2.75, 3.05) is 13.1 Å². The molecule has 2 heterocycles. The molecule has 0 saturated heterocycles. The van der Waals surface area contributed by atoms with Crippen molar-refractivity contribution in [1.82, 2.24) is 24.8 Å². The Labute approximate surface area is 315 Å². The van der Waals surface area contributed by atoms with Gasteiger partial charge in [-0.2, -0.15) is 0 Å². The Morgan fingerprint density at radius 2 is 1.58 bits per heavy atom. The average Bonchev–Trinajstić information content (AvgIpc) is 3.58. The van der Waals surface area contributed by atoms with Crippen LogP contribution in [0.15, 0.2) is 25.3 Å². The van der Waals surface area contributed by atoms with Crippen LogP contribution in [0.25, 0.3) is 10.5 Å². The molecule has 53 heavy (non-hydrogen) atoms. The van der Waals surface area contributed by atoms with Crippen LogP contribution in [-0.2, 0) is 14.3 Å². The third-order valence-electron chi connectivity index (χ3n) is 10.6. The van der Waals surface area contributed by atoms with Gasteiger partial charge in [0.2, 0.25) is 11.8 Å². The summed E-state index contributed by atoms with van der Waals surface area (Å²) in [6.07, 6.45) is 5.47. The summed E-state index contributed by atoms with van der Waals surface area (Å²) in [6, 6.07) is -0.279. The summed E-state index contributed by atoms with van der Waals surface area (Å²) in [6.45, 7) is 38.9. The minimum absolute atomic E-state index is 0.0496. The van der Waals surface area contributed by atoms with Gasteiger partial charge in [-0.1, -0.05) is 60.6 Å². The van der Waals surface area contributed by atoms with Crippen molar-refractivity contribution in [3.63, 3.8) is 0 Å². The highest BCUT2D eigenvalue weighted by molar-refractivity contribution is 6.05. The van der Waals surface area contributed by atoms with Crippen molar-refractivity contribution in [3.8, 4) is 5.88 Å². The van der Waals surface area contributed by atoms with Gasteiger partial charge in [-0.05, 0) is 69.6 Å². The summed E-state index contributed by atoms with van der Waals surface area (Å²) in [5.74, 6) is -0.00981. The zero-order valence-electron chi connectivity index (χ0n) is 33.8. The van der Waals surface area contributed by atoms with E-state index in [-0.39, 0.29) is 82.5 Å². The van der Waals surface area contributed by atoms with Gasteiger partial charge in [0, 0.05) is 37.8 Å². The van der Waals surface area contributed by atoms with Crippen LogP contribution in [0.4, 0.5) is 10.5 Å².